The van der Waals surface area contributed by atoms with Gasteiger partial charge in [0.2, 0.25) is 0 Å². The normalized spacial score (nSPS) is 9.59. The van der Waals surface area contributed by atoms with Crippen LogP contribution in [0.5, 0.6) is 5.75 Å². The molecule has 1 aromatic carbocycles. The number of benzene rings is 1. The largest absolute Gasteiger partial charge is 0.481 e. The minimum Gasteiger partial charge on any atom is -0.481 e. The van der Waals surface area contributed by atoms with Crippen LogP contribution in [0.25, 0.3) is 11.3 Å². The summed E-state index contributed by atoms with van der Waals surface area (Å²) < 4.78 is 10.6. The fourth-order valence-electron chi connectivity index (χ4n) is 1.44. The predicted octanol–water partition coefficient (Wildman–Crippen LogP) is 2.77. The van der Waals surface area contributed by atoms with Gasteiger partial charge in [0, 0.05) is 5.56 Å². The third kappa shape index (κ3) is 2.56. The van der Waals surface area contributed by atoms with E-state index in [4.69, 9.17) is 15.6 Å². The SMILES string of the molecule is C#CCOc1cccc(-c2ccc(C=O)o2)c1. The maximum absolute atomic E-state index is 10.5. The lowest BCUT2D eigenvalue weighted by Gasteiger charge is -2.03. The highest BCUT2D eigenvalue weighted by Crippen LogP contribution is 2.25. The van der Waals surface area contributed by atoms with E-state index in [1.807, 2.05) is 24.3 Å². The molecule has 0 unspecified atom stereocenters. The molecule has 0 spiro atoms. The van der Waals surface area contributed by atoms with Gasteiger partial charge < -0.3 is 9.15 Å². The van der Waals surface area contributed by atoms with Crippen LogP contribution in [0.15, 0.2) is 40.8 Å². The van der Waals surface area contributed by atoms with Gasteiger partial charge in [-0.25, -0.2) is 0 Å². The van der Waals surface area contributed by atoms with Crippen molar-refractivity contribution in [2.24, 2.45) is 0 Å². The molecule has 3 heteroatoms. The Morgan fingerprint density at radius 2 is 2.24 bits per heavy atom. The zero-order valence-electron chi connectivity index (χ0n) is 9.05. The fourth-order valence-corrected chi connectivity index (χ4v) is 1.44. The molecule has 0 saturated heterocycles. The zero-order chi connectivity index (χ0) is 12.1. The van der Waals surface area contributed by atoms with Crippen LogP contribution in [0.3, 0.4) is 0 Å². The van der Waals surface area contributed by atoms with Crippen LogP contribution in [-0.4, -0.2) is 12.9 Å². The van der Waals surface area contributed by atoms with Crippen LogP contribution in [0, 0.1) is 12.3 Å². The molecule has 84 valence electrons. The van der Waals surface area contributed by atoms with E-state index in [2.05, 4.69) is 5.92 Å². The molecule has 1 heterocycles. The number of furan rings is 1. The van der Waals surface area contributed by atoms with Gasteiger partial charge in [0.25, 0.3) is 0 Å². The van der Waals surface area contributed by atoms with E-state index < -0.39 is 0 Å². The van der Waals surface area contributed by atoms with Crippen LogP contribution >= 0.6 is 0 Å². The molecule has 0 aliphatic carbocycles. The number of terminal acetylenes is 1. The average molecular weight is 226 g/mol. The summed E-state index contributed by atoms with van der Waals surface area (Å²) in [5, 5.41) is 0. The number of hydrogen-bond donors (Lipinski definition) is 0. The number of aldehydes is 1. The molecule has 0 saturated carbocycles. The summed E-state index contributed by atoms with van der Waals surface area (Å²) in [7, 11) is 0. The maximum atomic E-state index is 10.5. The maximum Gasteiger partial charge on any atom is 0.185 e. The summed E-state index contributed by atoms with van der Waals surface area (Å²) in [5.41, 5.74) is 0.840. The Morgan fingerprint density at radius 3 is 2.94 bits per heavy atom. The van der Waals surface area contributed by atoms with Gasteiger partial charge >= 0.3 is 0 Å². The number of ether oxygens (including phenoxy) is 1. The van der Waals surface area contributed by atoms with Crippen LogP contribution < -0.4 is 4.74 Å². The van der Waals surface area contributed by atoms with Gasteiger partial charge in [-0.2, -0.15) is 0 Å². The van der Waals surface area contributed by atoms with E-state index in [1.165, 1.54) is 0 Å². The highest BCUT2D eigenvalue weighted by Gasteiger charge is 2.05. The van der Waals surface area contributed by atoms with Crippen molar-refractivity contribution in [3.8, 4) is 29.4 Å². The third-order valence-electron chi connectivity index (χ3n) is 2.18. The second-order valence-electron chi connectivity index (χ2n) is 3.34. The molecule has 1 aromatic heterocycles. The van der Waals surface area contributed by atoms with E-state index in [0.29, 0.717) is 23.6 Å². The van der Waals surface area contributed by atoms with Crippen LogP contribution in [0.1, 0.15) is 10.6 Å². The van der Waals surface area contributed by atoms with Gasteiger partial charge in [0.15, 0.2) is 12.0 Å². The summed E-state index contributed by atoms with van der Waals surface area (Å²) in [6.45, 7) is 0.223. The van der Waals surface area contributed by atoms with Crippen LogP contribution in [0.4, 0.5) is 0 Å². The number of hydrogen-bond acceptors (Lipinski definition) is 3. The van der Waals surface area contributed by atoms with Crippen molar-refractivity contribution in [2.75, 3.05) is 6.61 Å². The number of carbonyl (C=O) groups excluding carboxylic acids is 1. The van der Waals surface area contributed by atoms with Crippen molar-refractivity contribution in [1.82, 2.24) is 0 Å². The van der Waals surface area contributed by atoms with Gasteiger partial charge in [0.1, 0.15) is 18.1 Å². The first-order chi connectivity index (χ1) is 8.33. The molecule has 0 amide bonds. The molecule has 0 radical (unpaired) electrons. The predicted molar refractivity (Wildman–Crippen MR) is 63.9 cm³/mol. The molecule has 0 N–H and O–H groups in total. The lowest BCUT2D eigenvalue weighted by Crippen LogP contribution is -1.92. The third-order valence-corrected chi connectivity index (χ3v) is 2.18. The Hall–Kier alpha value is -2.47. The van der Waals surface area contributed by atoms with Gasteiger partial charge in [-0.1, -0.05) is 18.1 Å². The van der Waals surface area contributed by atoms with E-state index in [9.17, 15) is 4.79 Å². The highest BCUT2D eigenvalue weighted by molar-refractivity contribution is 5.73. The van der Waals surface area contributed by atoms with E-state index in [0.717, 1.165) is 5.56 Å². The second kappa shape index (κ2) is 5.04. The smallest absolute Gasteiger partial charge is 0.185 e. The van der Waals surface area contributed by atoms with Crippen molar-refractivity contribution in [3.63, 3.8) is 0 Å². The first kappa shape index (κ1) is 11.0. The van der Waals surface area contributed by atoms with Crippen molar-refractivity contribution in [3.05, 3.63) is 42.2 Å². The molecular formula is C14H10O3. The Balaban J connectivity index is 2.26. The molecule has 2 aromatic rings. The number of rotatable bonds is 4. The zero-order valence-corrected chi connectivity index (χ0v) is 9.05. The summed E-state index contributed by atoms with van der Waals surface area (Å²) in [6.07, 6.45) is 5.78. The second-order valence-corrected chi connectivity index (χ2v) is 3.34. The minimum atomic E-state index is 0.223. The number of carbonyl (C=O) groups is 1. The first-order valence-corrected chi connectivity index (χ1v) is 5.05. The average Bonchev–Trinajstić information content (AvgIpc) is 2.85. The molecule has 0 fully saturated rings. The van der Waals surface area contributed by atoms with Gasteiger partial charge in [-0.05, 0) is 24.3 Å². The van der Waals surface area contributed by atoms with Crippen molar-refractivity contribution < 1.29 is 13.9 Å². The first-order valence-electron chi connectivity index (χ1n) is 5.05. The van der Waals surface area contributed by atoms with Crippen molar-refractivity contribution in [2.45, 2.75) is 0 Å². The molecule has 0 atom stereocenters. The van der Waals surface area contributed by atoms with Gasteiger partial charge in [-0.15, -0.1) is 6.42 Å². The monoisotopic (exact) mass is 226 g/mol. The molecular weight excluding hydrogens is 216 g/mol. The molecule has 0 aliphatic heterocycles. The quantitative estimate of drug-likeness (QED) is 0.594. The lowest BCUT2D eigenvalue weighted by molar-refractivity contribution is 0.110. The summed E-state index contributed by atoms with van der Waals surface area (Å²) >= 11 is 0. The van der Waals surface area contributed by atoms with Crippen LogP contribution in [0.2, 0.25) is 0 Å². The topological polar surface area (TPSA) is 39.4 Å². The van der Waals surface area contributed by atoms with Crippen LogP contribution in [-0.2, 0) is 0 Å². The lowest BCUT2D eigenvalue weighted by atomic mass is 10.1. The minimum absolute atomic E-state index is 0.223. The summed E-state index contributed by atoms with van der Waals surface area (Å²) in [6, 6.07) is 10.7. The van der Waals surface area contributed by atoms with E-state index in [-0.39, 0.29) is 6.61 Å². The molecule has 0 aliphatic rings. The van der Waals surface area contributed by atoms with Crippen molar-refractivity contribution in [1.29, 1.82) is 0 Å². The highest BCUT2D eigenvalue weighted by atomic mass is 16.5. The fraction of sp³-hybridized carbons (Fsp3) is 0.0714. The molecule has 17 heavy (non-hydrogen) atoms. The molecule has 0 bridgehead atoms. The molecule has 2 rings (SSSR count). The molecule has 3 nitrogen and oxygen atoms in total. The standard InChI is InChI=1S/C14H10O3/c1-2-8-16-12-5-3-4-11(9-12)14-7-6-13(10-15)17-14/h1,3-7,9-10H,8H2. The van der Waals surface area contributed by atoms with Gasteiger partial charge in [-0.3, -0.25) is 4.79 Å². The Morgan fingerprint density at radius 1 is 1.35 bits per heavy atom. The Bertz CT molecular complexity index is 561. The van der Waals surface area contributed by atoms with E-state index in [1.54, 1.807) is 12.1 Å². The Kier molecular flexibility index (Phi) is 3.27. The van der Waals surface area contributed by atoms with Crippen molar-refractivity contribution >= 4 is 6.29 Å². The Labute approximate surface area is 99.0 Å². The summed E-state index contributed by atoms with van der Waals surface area (Å²) in [4.78, 5) is 10.5. The summed E-state index contributed by atoms with van der Waals surface area (Å²) in [5.74, 6) is 3.99. The van der Waals surface area contributed by atoms with Gasteiger partial charge in [0.05, 0.1) is 0 Å². The van der Waals surface area contributed by atoms with E-state index >= 15 is 0 Å².